The quantitative estimate of drug-likeness (QED) is 0.216. The SMILES string of the molecule is C=CC[C@@H]1/C=C(\C)C[C@H](C)C[C@H](OC)C2O[C@@](O)(CC(=O)N3CCCC[C@H]3C(=O)O[C@H](/C(C)=C/[C@@H]3CC[C@@H](O)[C@H](O)C3)[C@H](C)[C@@H](O)CC1=O)[C@H](C)C[C@@H]2OC. The van der Waals surface area contributed by atoms with Gasteiger partial charge in [0.1, 0.15) is 24.0 Å². The molecule has 312 valence electrons. The predicted octanol–water partition coefficient (Wildman–Crippen LogP) is 4.81. The van der Waals surface area contributed by atoms with Crippen molar-refractivity contribution in [2.75, 3.05) is 20.8 Å². The summed E-state index contributed by atoms with van der Waals surface area (Å²) in [7, 11) is 3.20. The molecule has 4 rings (SSSR count). The number of methoxy groups -OCH3 is 2. The van der Waals surface area contributed by atoms with E-state index in [9.17, 15) is 34.8 Å². The molecule has 4 aliphatic rings. The van der Waals surface area contributed by atoms with Crippen molar-refractivity contribution < 1.29 is 53.8 Å². The second-order valence-electron chi connectivity index (χ2n) is 17.1. The first-order valence-corrected chi connectivity index (χ1v) is 20.5. The summed E-state index contributed by atoms with van der Waals surface area (Å²) in [6.45, 7) is 13.7. The first-order chi connectivity index (χ1) is 26.0. The number of cyclic esters (lactones) is 1. The van der Waals surface area contributed by atoms with Gasteiger partial charge in [0.25, 0.3) is 0 Å². The number of aliphatic hydroxyl groups is 4. The van der Waals surface area contributed by atoms with Crippen molar-refractivity contribution in [2.45, 2.75) is 166 Å². The molecule has 14 atom stereocenters. The first kappa shape index (κ1) is 45.3. The van der Waals surface area contributed by atoms with E-state index >= 15 is 0 Å². The molecule has 2 saturated heterocycles. The van der Waals surface area contributed by atoms with Gasteiger partial charge in [0.05, 0.1) is 36.9 Å². The summed E-state index contributed by atoms with van der Waals surface area (Å²) in [5.41, 5.74) is 1.66. The minimum atomic E-state index is -1.84. The Labute approximate surface area is 328 Å². The highest BCUT2D eigenvalue weighted by Crippen LogP contribution is 2.40. The third-order valence-corrected chi connectivity index (χ3v) is 12.7. The molecule has 12 nitrogen and oxygen atoms in total. The predicted molar refractivity (Wildman–Crippen MR) is 207 cm³/mol. The number of carbonyl (C=O) groups is 3. The molecule has 1 amide bonds. The maximum absolute atomic E-state index is 14.2. The van der Waals surface area contributed by atoms with E-state index in [1.807, 2.05) is 32.9 Å². The van der Waals surface area contributed by atoms with Crippen LogP contribution in [0.25, 0.3) is 0 Å². The van der Waals surface area contributed by atoms with E-state index in [2.05, 4.69) is 13.5 Å². The number of allylic oxidation sites excluding steroid dienone is 4. The zero-order valence-electron chi connectivity index (χ0n) is 34.2. The molecule has 3 aliphatic heterocycles. The van der Waals surface area contributed by atoms with Gasteiger partial charge in [-0.25, -0.2) is 4.79 Å². The van der Waals surface area contributed by atoms with Gasteiger partial charge in [0.15, 0.2) is 5.79 Å². The minimum absolute atomic E-state index is 0.0917. The third-order valence-electron chi connectivity index (χ3n) is 12.7. The fourth-order valence-electron chi connectivity index (χ4n) is 9.27. The fraction of sp³-hybridized carbons (Fsp3) is 0.791. The van der Waals surface area contributed by atoms with Crippen LogP contribution in [0.15, 0.2) is 36.0 Å². The van der Waals surface area contributed by atoms with E-state index in [0.717, 1.165) is 5.57 Å². The summed E-state index contributed by atoms with van der Waals surface area (Å²) in [6.07, 6.45) is 4.95. The largest absolute Gasteiger partial charge is 0.456 e. The number of aliphatic hydroxyl groups excluding tert-OH is 3. The Kier molecular flexibility index (Phi) is 16.7. The number of fused-ring (bicyclic) bond motifs is 3. The Hall–Kier alpha value is -2.45. The molecule has 0 aromatic carbocycles. The monoisotopic (exact) mass is 775 g/mol. The maximum atomic E-state index is 14.2. The molecule has 12 heteroatoms. The van der Waals surface area contributed by atoms with Crippen molar-refractivity contribution in [3.8, 4) is 0 Å². The topological polar surface area (TPSA) is 172 Å². The van der Waals surface area contributed by atoms with Crippen molar-refractivity contribution >= 4 is 17.7 Å². The molecule has 0 aromatic rings. The van der Waals surface area contributed by atoms with Gasteiger partial charge >= 0.3 is 5.97 Å². The lowest BCUT2D eigenvalue weighted by Crippen LogP contribution is -2.59. The summed E-state index contributed by atoms with van der Waals surface area (Å²) >= 11 is 0. The van der Waals surface area contributed by atoms with Crippen molar-refractivity contribution in [2.24, 2.45) is 29.6 Å². The summed E-state index contributed by atoms with van der Waals surface area (Å²) in [6, 6.07) is -0.925. The molecule has 1 unspecified atom stereocenters. The maximum Gasteiger partial charge on any atom is 0.329 e. The average Bonchev–Trinajstić information content (AvgIpc) is 3.14. The van der Waals surface area contributed by atoms with Crippen LogP contribution in [0, 0.1) is 29.6 Å². The highest BCUT2D eigenvalue weighted by Gasteiger charge is 2.51. The Bertz CT molecular complexity index is 1380. The van der Waals surface area contributed by atoms with Gasteiger partial charge in [-0.1, -0.05) is 44.6 Å². The van der Waals surface area contributed by atoms with Crippen LogP contribution in [0.5, 0.6) is 0 Å². The van der Waals surface area contributed by atoms with E-state index < -0.39 is 84.2 Å². The van der Waals surface area contributed by atoms with Crippen LogP contribution in [0.1, 0.15) is 112 Å². The number of ether oxygens (including phenoxy) is 4. The molecule has 1 saturated carbocycles. The standard InChI is InChI=1S/C43H69NO11/c1-9-12-31-18-25(2)17-26(3)19-37(52-7)41-38(53-8)21-28(5)43(51,55-41)24-39(49)44-16-11-10-13-32(44)42(50)54-40(29(6)34(46)23-35(31)47)27(4)20-30-14-15-33(45)36(48)22-30/h9,18,20,26,28-34,36-38,40-41,45-46,48,51H,1,10-17,19,21-24H2,2-8H3/b25-18+,27-20+/t26-,28+,29+,30-,31+,32-,33+,34-,36+,37-,38-,40+,41?,43-/m0/s1. The first-order valence-electron chi connectivity index (χ1n) is 20.5. The van der Waals surface area contributed by atoms with E-state index in [1.54, 1.807) is 27.2 Å². The molecule has 4 N–H and O–H groups in total. The zero-order chi connectivity index (χ0) is 40.6. The Morgan fingerprint density at radius 1 is 0.964 bits per heavy atom. The van der Waals surface area contributed by atoms with Crippen LogP contribution >= 0.6 is 0 Å². The van der Waals surface area contributed by atoms with Crippen LogP contribution in [-0.2, 0) is 33.3 Å². The molecular weight excluding hydrogens is 706 g/mol. The van der Waals surface area contributed by atoms with Crippen LogP contribution in [0.2, 0.25) is 0 Å². The molecule has 1 aliphatic carbocycles. The Morgan fingerprint density at radius 3 is 2.31 bits per heavy atom. The van der Waals surface area contributed by atoms with E-state index in [-0.39, 0.29) is 30.5 Å². The van der Waals surface area contributed by atoms with Gasteiger partial charge in [-0.2, -0.15) is 0 Å². The number of Topliss-reactive ketones (excluding diaryl/α,β-unsaturated/α-hetero) is 1. The van der Waals surface area contributed by atoms with Crippen LogP contribution < -0.4 is 0 Å². The van der Waals surface area contributed by atoms with Crippen molar-refractivity contribution in [1.29, 1.82) is 0 Å². The summed E-state index contributed by atoms with van der Waals surface area (Å²) in [4.78, 5) is 43.8. The number of rotatable bonds is 6. The number of hydrogen-bond acceptors (Lipinski definition) is 11. The van der Waals surface area contributed by atoms with E-state index in [1.165, 1.54) is 4.90 Å². The molecule has 2 bridgehead atoms. The van der Waals surface area contributed by atoms with E-state index in [0.29, 0.717) is 76.3 Å². The average molecular weight is 776 g/mol. The molecule has 55 heavy (non-hydrogen) atoms. The number of esters is 1. The number of ketones is 1. The van der Waals surface area contributed by atoms with Gasteiger partial charge in [-0.3, -0.25) is 9.59 Å². The smallest absolute Gasteiger partial charge is 0.329 e. The summed E-state index contributed by atoms with van der Waals surface area (Å²) < 4.78 is 24.6. The molecule has 3 heterocycles. The Morgan fingerprint density at radius 2 is 1.65 bits per heavy atom. The highest BCUT2D eigenvalue weighted by molar-refractivity contribution is 5.85. The number of piperidine rings is 1. The second kappa shape index (κ2) is 20.3. The second-order valence-corrected chi connectivity index (χ2v) is 17.1. The molecule has 3 fully saturated rings. The number of carbonyl (C=O) groups excluding carboxylic acids is 3. The molecule has 0 spiro atoms. The van der Waals surface area contributed by atoms with Crippen LogP contribution in [0.4, 0.5) is 0 Å². The number of amides is 1. The van der Waals surface area contributed by atoms with Crippen molar-refractivity contribution in [1.82, 2.24) is 4.90 Å². The number of nitrogens with zero attached hydrogens (tertiary/aromatic N) is 1. The van der Waals surface area contributed by atoms with Crippen LogP contribution in [-0.4, -0.2) is 118 Å². The van der Waals surface area contributed by atoms with Gasteiger partial charge in [0.2, 0.25) is 5.91 Å². The minimum Gasteiger partial charge on any atom is -0.456 e. The van der Waals surface area contributed by atoms with Gasteiger partial charge in [0, 0.05) is 44.9 Å². The lowest BCUT2D eigenvalue weighted by Gasteiger charge is -2.48. The lowest BCUT2D eigenvalue weighted by molar-refractivity contribution is -0.321. The van der Waals surface area contributed by atoms with E-state index in [4.69, 9.17) is 18.9 Å². The van der Waals surface area contributed by atoms with Crippen LogP contribution in [0.3, 0.4) is 0 Å². The Balaban J connectivity index is 1.74. The van der Waals surface area contributed by atoms with Crippen molar-refractivity contribution in [3.63, 3.8) is 0 Å². The number of hydrogen-bond donors (Lipinski definition) is 4. The summed E-state index contributed by atoms with van der Waals surface area (Å²) in [5.74, 6) is -4.72. The molecule has 0 radical (unpaired) electrons. The normalized spacial score (nSPS) is 42.0. The third kappa shape index (κ3) is 11.6. The molecular formula is C43H69NO11. The fourth-order valence-corrected chi connectivity index (χ4v) is 9.27. The molecule has 0 aromatic heterocycles. The highest BCUT2D eigenvalue weighted by atomic mass is 16.7. The zero-order valence-corrected chi connectivity index (χ0v) is 34.2. The van der Waals surface area contributed by atoms with Gasteiger partial charge in [-0.15, -0.1) is 6.58 Å². The summed E-state index contributed by atoms with van der Waals surface area (Å²) in [5, 5.41) is 44.2. The van der Waals surface area contributed by atoms with Gasteiger partial charge in [-0.05, 0) is 95.5 Å². The van der Waals surface area contributed by atoms with Gasteiger partial charge < -0.3 is 44.3 Å². The van der Waals surface area contributed by atoms with Crippen molar-refractivity contribution in [3.05, 3.63) is 36.0 Å². The lowest BCUT2D eigenvalue weighted by atomic mass is 9.81.